The summed E-state index contributed by atoms with van der Waals surface area (Å²) in [6.45, 7) is 0. The quantitative estimate of drug-likeness (QED) is 0.942. The van der Waals surface area contributed by atoms with Gasteiger partial charge < -0.3 is 5.11 Å². The zero-order valence-corrected chi connectivity index (χ0v) is 11.3. The lowest BCUT2D eigenvalue weighted by Gasteiger charge is -2.05. The maximum atomic E-state index is 13.6. The van der Waals surface area contributed by atoms with Gasteiger partial charge in [-0.2, -0.15) is 0 Å². The van der Waals surface area contributed by atoms with Gasteiger partial charge in [-0.3, -0.25) is 0 Å². The van der Waals surface area contributed by atoms with Gasteiger partial charge in [0, 0.05) is 12.0 Å². The molecule has 1 saturated carbocycles. The first-order valence-corrected chi connectivity index (χ1v) is 6.51. The number of aromatic carboxylic acids is 1. The van der Waals surface area contributed by atoms with E-state index in [2.05, 4.69) is 26.0 Å². The summed E-state index contributed by atoms with van der Waals surface area (Å²) in [5, 5.41) is 12.9. The number of hydrogen-bond donors (Lipinski definition) is 1. The van der Waals surface area contributed by atoms with Crippen LogP contribution in [0.3, 0.4) is 0 Å². The molecule has 19 heavy (non-hydrogen) atoms. The van der Waals surface area contributed by atoms with Crippen molar-refractivity contribution in [2.24, 2.45) is 0 Å². The Morgan fingerprint density at radius 3 is 2.79 bits per heavy atom. The molecule has 98 valence electrons. The first-order valence-electron chi connectivity index (χ1n) is 5.72. The van der Waals surface area contributed by atoms with Crippen molar-refractivity contribution in [3.05, 3.63) is 40.1 Å². The number of carboxylic acids is 1. The van der Waals surface area contributed by atoms with E-state index < -0.39 is 11.8 Å². The van der Waals surface area contributed by atoms with E-state index in [9.17, 15) is 9.18 Å². The molecule has 1 heterocycles. The van der Waals surface area contributed by atoms with Crippen LogP contribution in [0.15, 0.2) is 22.7 Å². The fourth-order valence-electron chi connectivity index (χ4n) is 1.83. The van der Waals surface area contributed by atoms with Crippen molar-refractivity contribution in [3.63, 3.8) is 0 Å². The van der Waals surface area contributed by atoms with Crippen molar-refractivity contribution in [3.8, 4) is 5.69 Å². The molecule has 1 aromatic heterocycles. The van der Waals surface area contributed by atoms with Gasteiger partial charge in [0.2, 0.25) is 0 Å². The molecule has 0 bridgehead atoms. The Hall–Kier alpha value is -1.76. The van der Waals surface area contributed by atoms with Gasteiger partial charge >= 0.3 is 5.97 Å². The molecule has 2 aromatic rings. The lowest BCUT2D eigenvalue weighted by atomic mass is 10.3. The van der Waals surface area contributed by atoms with Gasteiger partial charge in [0.25, 0.3) is 5.82 Å². The molecule has 1 aromatic carbocycles. The molecule has 7 heteroatoms. The van der Waals surface area contributed by atoms with Crippen LogP contribution < -0.4 is 0 Å². The highest BCUT2D eigenvalue weighted by molar-refractivity contribution is 9.10. The van der Waals surface area contributed by atoms with E-state index in [-0.39, 0.29) is 11.7 Å². The number of nitrogens with zero attached hydrogens (tertiary/aromatic N) is 3. The molecule has 0 radical (unpaired) electrons. The molecule has 5 nitrogen and oxygen atoms in total. The number of rotatable bonds is 3. The number of benzene rings is 1. The van der Waals surface area contributed by atoms with Crippen molar-refractivity contribution in [1.82, 2.24) is 14.8 Å². The number of halogens is 2. The largest absolute Gasteiger partial charge is 0.475 e. The SMILES string of the molecule is O=C(O)c1nc(C2CC2)n(-c2ccc(Br)c(F)c2)n1. The smallest absolute Gasteiger partial charge is 0.375 e. The van der Waals surface area contributed by atoms with E-state index in [4.69, 9.17) is 5.11 Å². The van der Waals surface area contributed by atoms with E-state index in [1.165, 1.54) is 10.7 Å². The first kappa shape index (κ1) is 12.3. The third-order valence-electron chi connectivity index (χ3n) is 2.91. The molecule has 1 N–H and O–H groups in total. The summed E-state index contributed by atoms with van der Waals surface area (Å²) in [7, 11) is 0. The van der Waals surface area contributed by atoms with Crippen molar-refractivity contribution in [1.29, 1.82) is 0 Å². The highest BCUT2D eigenvalue weighted by Gasteiger charge is 2.31. The highest BCUT2D eigenvalue weighted by Crippen LogP contribution is 2.39. The van der Waals surface area contributed by atoms with Crippen LogP contribution in [0.1, 0.15) is 35.2 Å². The Balaban J connectivity index is 2.12. The van der Waals surface area contributed by atoms with Crippen LogP contribution in [-0.4, -0.2) is 25.8 Å². The van der Waals surface area contributed by atoms with E-state index in [0.717, 1.165) is 12.8 Å². The standard InChI is InChI=1S/C12H9BrFN3O2/c13-8-4-3-7(5-9(8)14)17-11(6-1-2-6)15-10(16-17)12(18)19/h3-6H,1-2H2,(H,18,19). The molecule has 0 spiro atoms. The molecule has 0 atom stereocenters. The van der Waals surface area contributed by atoms with Gasteiger partial charge in [0.1, 0.15) is 11.6 Å². The summed E-state index contributed by atoms with van der Waals surface area (Å²) in [4.78, 5) is 15.0. The van der Waals surface area contributed by atoms with Gasteiger partial charge in [-0.15, -0.1) is 5.10 Å². The number of hydrogen-bond acceptors (Lipinski definition) is 3. The first-order chi connectivity index (χ1) is 9.06. The molecule has 0 saturated heterocycles. The average Bonchev–Trinajstić information content (AvgIpc) is 3.11. The Morgan fingerprint density at radius 2 is 2.21 bits per heavy atom. The van der Waals surface area contributed by atoms with Crippen molar-refractivity contribution in [2.45, 2.75) is 18.8 Å². The van der Waals surface area contributed by atoms with Crippen LogP contribution in [0, 0.1) is 5.82 Å². The molecule has 3 rings (SSSR count). The molecule has 1 aliphatic rings. The predicted octanol–water partition coefficient (Wildman–Crippen LogP) is 2.74. The predicted molar refractivity (Wildman–Crippen MR) is 68.0 cm³/mol. The number of aromatic nitrogens is 3. The van der Waals surface area contributed by atoms with E-state index in [1.54, 1.807) is 12.1 Å². The second-order valence-corrected chi connectivity index (χ2v) is 5.24. The molecule has 1 aliphatic carbocycles. The summed E-state index contributed by atoms with van der Waals surface area (Å²) in [6, 6.07) is 4.53. The number of carboxylic acid groups (broad SMARTS) is 1. The Morgan fingerprint density at radius 1 is 1.47 bits per heavy atom. The Labute approximate surface area is 116 Å². The molecular weight excluding hydrogens is 317 g/mol. The van der Waals surface area contributed by atoms with Crippen LogP contribution in [0.25, 0.3) is 5.69 Å². The fourth-order valence-corrected chi connectivity index (χ4v) is 2.07. The third kappa shape index (κ3) is 2.25. The Bertz CT molecular complexity index is 667. The van der Waals surface area contributed by atoms with E-state index in [1.807, 2.05) is 0 Å². The normalized spacial score (nSPS) is 14.6. The van der Waals surface area contributed by atoms with Crippen molar-refractivity contribution in [2.75, 3.05) is 0 Å². The van der Waals surface area contributed by atoms with Crippen LogP contribution >= 0.6 is 15.9 Å². The maximum absolute atomic E-state index is 13.6. The summed E-state index contributed by atoms with van der Waals surface area (Å²) in [5.41, 5.74) is 0.475. The van der Waals surface area contributed by atoms with Gasteiger partial charge in [-0.25, -0.2) is 18.9 Å². The van der Waals surface area contributed by atoms with Crippen molar-refractivity contribution >= 4 is 21.9 Å². The third-order valence-corrected chi connectivity index (χ3v) is 3.56. The van der Waals surface area contributed by atoms with Crippen LogP contribution in [0.4, 0.5) is 4.39 Å². The molecule has 0 unspecified atom stereocenters. The van der Waals surface area contributed by atoms with Crippen LogP contribution in [0.5, 0.6) is 0 Å². The van der Waals surface area contributed by atoms with Gasteiger partial charge in [0.05, 0.1) is 10.2 Å². The highest BCUT2D eigenvalue weighted by atomic mass is 79.9. The van der Waals surface area contributed by atoms with E-state index in [0.29, 0.717) is 16.0 Å². The zero-order chi connectivity index (χ0) is 13.6. The van der Waals surface area contributed by atoms with Crippen LogP contribution in [0.2, 0.25) is 0 Å². The second kappa shape index (κ2) is 4.41. The van der Waals surface area contributed by atoms with E-state index >= 15 is 0 Å². The summed E-state index contributed by atoms with van der Waals surface area (Å²) >= 11 is 3.08. The minimum absolute atomic E-state index is 0.215. The lowest BCUT2D eigenvalue weighted by molar-refractivity contribution is 0.0683. The monoisotopic (exact) mass is 325 g/mol. The summed E-state index contributed by atoms with van der Waals surface area (Å²) in [5.74, 6) is -1.07. The van der Waals surface area contributed by atoms with Crippen molar-refractivity contribution < 1.29 is 14.3 Å². The molecule has 1 fully saturated rings. The average molecular weight is 326 g/mol. The van der Waals surface area contributed by atoms with Gasteiger partial charge in [0.15, 0.2) is 0 Å². The minimum Gasteiger partial charge on any atom is -0.475 e. The van der Waals surface area contributed by atoms with Crippen LogP contribution in [-0.2, 0) is 0 Å². The topological polar surface area (TPSA) is 68.0 Å². The minimum atomic E-state index is -1.18. The summed E-state index contributed by atoms with van der Waals surface area (Å²) in [6.07, 6.45) is 1.91. The maximum Gasteiger partial charge on any atom is 0.375 e. The molecule has 0 amide bonds. The van der Waals surface area contributed by atoms with Gasteiger partial charge in [-0.1, -0.05) is 0 Å². The summed E-state index contributed by atoms with van der Waals surface area (Å²) < 4.78 is 15.3. The Kier molecular flexibility index (Phi) is 2.85. The number of carbonyl (C=O) groups is 1. The molecular formula is C12H9BrFN3O2. The molecule has 0 aliphatic heterocycles. The second-order valence-electron chi connectivity index (χ2n) is 4.38. The fraction of sp³-hybridized carbons (Fsp3) is 0.250. The lowest BCUT2D eigenvalue weighted by Crippen LogP contribution is -2.03. The zero-order valence-electron chi connectivity index (χ0n) is 9.68. The van der Waals surface area contributed by atoms with Gasteiger partial charge in [-0.05, 0) is 40.9 Å².